The number of hydrogen-bond donors (Lipinski definition) is 8. The van der Waals surface area contributed by atoms with Crippen molar-refractivity contribution in [2.75, 3.05) is 0 Å². The molecule has 0 aromatic carbocycles. The van der Waals surface area contributed by atoms with Gasteiger partial charge in [-0.1, -0.05) is 285 Å². The van der Waals surface area contributed by atoms with Gasteiger partial charge in [0.1, 0.15) is 18.5 Å². The van der Waals surface area contributed by atoms with Gasteiger partial charge in [0.15, 0.2) is 12.0 Å². The van der Waals surface area contributed by atoms with Crippen LogP contribution in [-0.2, 0) is 4.79 Å². The van der Waals surface area contributed by atoms with E-state index >= 15 is 0 Å². The number of Topliss-reactive ketones (excluding diaryl/α,β-unsaturated/α-hetero) is 1. The molecular weight excluding hydrogens is 1600 g/mol. The molecule has 0 aromatic heterocycles. The number of aliphatic hydroxyl groups is 8. The Kier molecular flexibility index (Phi) is 38.6. The van der Waals surface area contributed by atoms with Crippen LogP contribution in [0, 0.1) is 74.9 Å². The molecule has 0 amide bonds. The van der Waals surface area contributed by atoms with Crippen LogP contribution in [-0.4, -0.2) is 118 Å². The zero-order chi connectivity index (χ0) is 94.1. The molecule has 9 nitrogen and oxygen atoms in total. The Labute approximate surface area is 772 Å². The number of fused-ring (bicyclic) bond motifs is 4. The van der Waals surface area contributed by atoms with Crippen LogP contribution >= 0.6 is 0 Å². The molecule has 0 saturated heterocycles. The number of allylic oxidation sites excluding steroid dienone is 25. The van der Waals surface area contributed by atoms with Crippen molar-refractivity contribution in [2.24, 2.45) is 74.9 Å². The van der Waals surface area contributed by atoms with E-state index in [1.165, 1.54) is 78.4 Å². The number of alkyl halides is 4. The summed E-state index contributed by atoms with van der Waals surface area (Å²) >= 11 is 0. The van der Waals surface area contributed by atoms with E-state index in [2.05, 4.69) is 194 Å². The molecule has 12 aliphatic rings. The lowest BCUT2D eigenvalue weighted by molar-refractivity contribution is -0.123. The Morgan fingerprint density at radius 3 is 1.09 bits per heavy atom. The average Bonchev–Trinajstić information content (AvgIpc) is 1.63. The molecule has 0 spiro atoms. The number of ketones is 1. The highest BCUT2D eigenvalue weighted by molar-refractivity contribution is 6.00. The van der Waals surface area contributed by atoms with Crippen molar-refractivity contribution in [2.45, 2.75) is 420 Å². The fourth-order valence-corrected chi connectivity index (χ4v) is 25.0. The molecule has 21 atom stereocenters. The first-order valence-electron chi connectivity index (χ1n) is 50.7. The highest BCUT2D eigenvalue weighted by Gasteiger charge is 2.52. The second-order valence-electron chi connectivity index (χ2n) is 42.6. The largest absolute Gasteiger partial charge is 0.393 e. The molecule has 13 heteroatoms. The van der Waals surface area contributed by atoms with Crippen molar-refractivity contribution in [3.05, 3.63) is 213 Å². The molecule has 12 aliphatic carbocycles. The summed E-state index contributed by atoms with van der Waals surface area (Å²) < 4.78 is 56.0. The van der Waals surface area contributed by atoms with Crippen LogP contribution in [0.5, 0.6) is 0 Å². The summed E-state index contributed by atoms with van der Waals surface area (Å²) in [6, 6.07) is 0. The maximum Gasteiger partial charge on any atom is 0.193 e. The predicted octanol–water partition coefficient (Wildman–Crippen LogP) is 27.7. The van der Waals surface area contributed by atoms with E-state index in [4.69, 9.17) is 0 Å². The van der Waals surface area contributed by atoms with Crippen LogP contribution in [0.3, 0.4) is 0 Å². The molecule has 0 bridgehead atoms. The first-order chi connectivity index (χ1) is 60.5. The normalized spacial score (nSPS) is 35.5. The van der Waals surface area contributed by atoms with Crippen molar-refractivity contribution >= 4 is 5.78 Å². The third-order valence-electron chi connectivity index (χ3n) is 34.7. The first kappa shape index (κ1) is 106. The van der Waals surface area contributed by atoms with Gasteiger partial charge < -0.3 is 40.9 Å². The van der Waals surface area contributed by atoms with E-state index in [9.17, 15) is 63.2 Å². The summed E-state index contributed by atoms with van der Waals surface area (Å²) in [5, 5.41) is 82.3. The molecule has 714 valence electrons. The van der Waals surface area contributed by atoms with Crippen molar-refractivity contribution < 1.29 is 63.2 Å². The topological polar surface area (TPSA) is 179 Å². The lowest BCUT2D eigenvalue weighted by atomic mass is 9.61. The maximum atomic E-state index is 14.1. The van der Waals surface area contributed by atoms with Gasteiger partial charge in [-0.05, 0) is 307 Å². The molecule has 9 saturated carbocycles. The Balaban J connectivity index is 0.000000193. The van der Waals surface area contributed by atoms with Crippen LogP contribution in [0.2, 0.25) is 0 Å². The highest BCUT2D eigenvalue weighted by atomic mass is 19.2. The Bertz CT molecular complexity index is 3850. The zero-order valence-electron chi connectivity index (χ0n) is 82.1. The molecule has 0 aliphatic heterocycles. The predicted molar refractivity (Wildman–Crippen MR) is 524 cm³/mol. The lowest BCUT2D eigenvalue weighted by Crippen LogP contribution is -2.35. The Morgan fingerprint density at radius 1 is 0.398 bits per heavy atom. The highest BCUT2D eigenvalue weighted by Crippen LogP contribution is 2.62. The molecule has 12 rings (SSSR count). The van der Waals surface area contributed by atoms with Gasteiger partial charge >= 0.3 is 0 Å². The summed E-state index contributed by atoms with van der Waals surface area (Å²) in [7, 11) is 0. The first-order valence-corrected chi connectivity index (χ1v) is 50.7. The molecule has 0 heterocycles. The van der Waals surface area contributed by atoms with Crippen LogP contribution in [0.1, 0.15) is 348 Å². The fourth-order valence-electron chi connectivity index (χ4n) is 25.0. The minimum absolute atomic E-state index is 0.0555. The van der Waals surface area contributed by atoms with E-state index in [0.29, 0.717) is 107 Å². The third-order valence-corrected chi connectivity index (χ3v) is 34.7. The van der Waals surface area contributed by atoms with Crippen LogP contribution in [0.4, 0.5) is 17.6 Å². The standard InChI is InChI=1S/C29H42F2O.C29H45FO2.C29H44O3.C28H41FO3/c1-6-29(32,7-2)17-8-10-20(3)25-14-15-26-22(11-9-16-28(25,26)5)12-13-23-18-24(30)19-27(31)21(23)4;1-6-29(32,7-2)17-8-10-20(3)25-14-15-26-22(11-9-16-28(25,26)5)12-13-23-18-24(31)19-27(30)21(23)4;1-6-29(32,7-2)17-8-10-20(3)25-14-15-26-22(11-9-16-28(25,26)5)12-13-23-18-24(30)19-27(31)21(23)4;1-5-28(32,6-2)16-7-9-19(3)23-13-14-24-20(10-8-15-27(23,24)4)11-12-21-17-22(30)18-25(29)26(21)31/h8,10,12-14,20,24,26-27,32H,4,6-7,9,11,15-19H2,1-3,5H3;8,10,12-13,20,24-27,31-32H,4,6-7,9,11,14-19H2,1-3,5H3;8,10,12-14,20,24,26-27,30-32H,4,6-7,9,11,15-19H2,1-3,5H3;7,9,11-13,19,22,24-25,30,32H,5-6,8,10,14-18H2,1-4H3/b3*10-8+,22-12+,23-13-;9-7+,20-11+,21-12-. The van der Waals surface area contributed by atoms with Gasteiger partial charge in [0.2, 0.25) is 0 Å². The molecule has 21 unspecified atom stereocenters. The molecule has 128 heavy (non-hydrogen) atoms. The Morgan fingerprint density at radius 2 is 0.711 bits per heavy atom. The molecular formula is C115H172F4O9. The monoisotopic (exact) mass is 1770 g/mol. The Hall–Kier alpha value is -5.61. The van der Waals surface area contributed by atoms with E-state index in [1.807, 2.05) is 45.9 Å². The van der Waals surface area contributed by atoms with E-state index < -0.39 is 77.3 Å². The van der Waals surface area contributed by atoms with Crippen molar-refractivity contribution in [1.29, 1.82) is 0 Å². The van der Waals surface area contributed by atoms with Gasteiger partial charge in [-0.2, -0.15) is 0 Å². The molecule has 8 N–H and O–H groups in total. The van der Waals surface area contributed by atoms with E-state index in [0.717, 1.165) is 151 Å². The number of aliphatic hydroxyl groups excluding tert-OH is 4. The van der Waals surface area contributed by atoms with Crippen molar-refractivity contribution in [3.63, 3.8) is 0 Å². The average molecular weight is 1770 g/mol. The second-order valence-corrected chi connectivity index (χ2v) is 42.6. The van der Waals surface area contributed by atoms with Crippen LogP contribution in [0.15, 0.2) is 213 Å². The summed E-state index contributed by atoms with van der Waals surface area (Å²) in [6.45, 7) is 47.1. The van der Waals surface area contributed by atoms with Crippen molar-refractivity contribution in [1.82, 2.24) is 0 Å². The second kappa shape index (κ2) is 46.6. The third kappa shape index (κ3) is 25.7. The number of hydrogen-bond acceptors (Lipinski definition) is 9. The van der Waals surface area contributed by atoms with Crippen LogP contribution in [0.25, 0.3) is 0 Å². The summed E-state index contributed by atoms with van der Waals surface area (Å²) in [5.74, 6) is 3.71. The zero-order valence-corrected chi connectivity index (χ0v) is 82.1. The minimum Gasteiger partial charge on any atom is -0.393 e. The number of carbonyl (C=O) groups is 1. The van der Waals surface area contributed by atoms with Gasteiger partial charge in [0, 0.05) is 44.1 Å². The quantitative estimate of drug-likeness (QED) is 0.0215. The summed E-state index contributed by atoms with van der Waals surface area (Å²) in [5.41, 5.74) is 13.4. The number of rotatable bonds is 28. The smallest absolute Gasteiger partial charge is 0.193 e. The van der Waals surface area contributed by atoms with Gasteiger partial charge in [-0.15, -0.1) is 0 Å². The number of halogens is 4. The van der Waals surface area contributed by atoms with Gasteiger partial charge in [-0.25, -0.2) is 17.6 Å². The lowest BCUT2D eigenvalue weighted by Gasteiger charge is -2.44. The summed E-state index contributed by atoms with van der Waals surface area (Å²) in [4.78, 5) is 12.2. The maximum absolute atomic E-state index is 14.1. The van der Waals surface area contributed by atoms with Crippen LogP contribution < -0.4 is 0 Å². The SMILES string of the molecule is C=C1/C(=C\C=C2/CCCC3(C)C(C(C)/C=C/CC(O)(CC)CC)=CCC23)CC(F)CC1F.C=C1/C(=C\C=C2/CCCC3(C)C(C(C)/C=C/CC(O)(CC)CC)=CCC23)CC(O)CC1O.C=C1/C(=C\C=C2/CCCC3(C)C2CCC3C(C)/C=C/CC(O)(CC)CC)CC(O)CC1F.CCC(O)(CC)C/C=C/C(C)C1=CCC2/C(=C/C=C3/CC(O)CC(F)C3=O)CCCC12C. The molecule has 0 aromatic rings. The molecule has 0 radical (unpaired) electrons. The molecule has 9 fully saturated rings. The summed E-state index contributed by atoms with van der Waals surface area (Å²) in [6.07, 6.45) is 64.6. The van der Waals surface area contributed by atoms with Gasteiger partial charge in [-0.3, -0.25) is 4.79 Å². The van der Waals surface area contributed by atoms with Gasteiger partial charge in [0.05, 0.1) is 46.8 Å². The number of carbonyl (C=O) groups excluding carboxylic acids is 1. The van der Waals surface area contributed by atoms with E-state index in [-0.39, 0.29) is 48.3 Å². The minimum atomic E-state index is -1.58. The fraction of sp³-hybridized carbons (Fsp3) is 0.678. The van der Waals surface area contributed by atoms with Crippen molar-refractivity contribution in [3.8, 4) is 0 Å². The van der Waals surface area contributed by atoms with E-state index in [1.54, 1.807) is 11.6 Å². The van der Waals surface area contributed by atoms with Gasteiger partial charge in [0.25, 0.3) is 0 Å².